The molecule has 3 N–H and O–H groups in total. The van der Waals surface area contributed by atoms with Crippen LogP contribution in [0.25, 0.3) is 11.3 Å². The number of hydrogen-bond acceptors (Lipinski definition) is 6. The van der Waals surface area contributed by atoms with Gasteiger partial charge < -0.3 is 15.6 Å². The summed E-state index contributed by atoms with van der Waals surface area (Å²) in [6.45, 7) is 5.84. The number of pyridine rings is 2. The molecule has 9 heteroatoms. The molecule has 0 spiro atoms. The second-order valence-corrected chi connectivity index (χ2v) is 10.1. The number of carbonyl (C=O) groups excluding carboxylic acids is 1. The zero-order chi connectivity index (χ0) is 26.2. The molecule has 2 aromatic heterocycles. The summed E-state index contributed by atoms with van der Waals surface area (Å²) in [5.41, 5.74) is 5.73. The third-order valence-corrected chi connectivity index (χ3v) is 6.37. The van der Waals surface area contributed by atoms with Crippen molar-refractivity contribution in [1.29, 1.82) is 0 Å². The normalized spacial score (nSPS) is 22.4. The molecule has 1 saturated heterocycles. The lowest BCUT2D eigenvalue weighted by molar-refractivity contribution is -0.167. The van der Waals surface area contributed by atoms with E-state index in [1.165, 1.54) is 12.3 Å². The van der Waals surface area contributed by atoms with E-state index in [1.54, 1.807) is 12.3 Å². The molecule has 1 aliphatic rings. The minimum Gasteiger partial charge on any atom is -0.389 e. The van der Waals surface area contributed by atoms with Gasteiger partial charge >= 0.3 is 0 Å². The first-order chi connectivity index (χ1) is 17.0. The van der Waals surface area contributed by atoms with Gasteiger partial charge in [0.15, 0.2) is 5.78 Å². The predicted octanol–water partition coefficient (Wildman–Crippen LogP) is 4.55. The smallest absolute Gasteiger partial charge is 0.185 e. The van der Waals surface area contributed by atoms with E-state index in [0.29, 0.717) is 17.5 Å². The highest BCUT2D eigenvalue weighted by Crippen LogP contribution is 2.39. The number of hydrogen-bond donors (Lipinski definition) is 2. The monoisotopic (exact) mass is 499 g/mol. The van der Waals surface area contributed by atoms with E-state index in [0.717, 1.165) is 24.3 Å². The molecule has 0 saturated carbocycles. The number of rotatable bonds is 5. The van der Waals surface area contributed by atoms with Gasteiger partial charge in [-0.1, -0.05) is 26.8 Å². The quantitative estimate of drug-likeness (QED) is 0.500. The fraction of sp³-hybridized carbons (Fsp3) is 0.370. The zero-order valence-electron chi connectivity index (χ0n) is 20.2. The Balaban J connectivity index is 1.64. The van der Waals surface area contributed by atoms with Crippen LogP contribution in [0, 0.1) is 22.9 Å². The van der Waals surface area contributed by atoms with E-state index in [2.05, 4.69) is 9.97 Å². The van der Waals surface area contributed by atoms with E-state index in [9.17, 15) is 23.1 Å². The molecule has 4 atom stereocenters. The molecular formula is C27H28F3N3O3. The van der Waals surface area contributed by atoms with Gasteiger partial charge in [-0.05, 0) is 53.3 Å². The van der Waals surface area contributed by atoms with Crippen molar-refractivity contribution in [2.75, 3.05) is 0 Å². The van der Waals surface area contributed by atoms with Crippen LogP contribution >= 0.6 is 0 Å². The van der Waals surface area contributed by atoms with Crippen molar-refractivity contribution in [1.82, 2.24) is 9.97 Å². The first-order valence-electron chi connectivity index (χ1n) is 11.6. The summed E-state index contributed by atoms with van der Waals surface area (Å²) in [5, 5.41) is 10.6. The fourth-order valence-corrected chi connectivity index (χ4v) is 4.50. The standard InChI is InChI=1S/C27H28F3N3O3/c1-27(2,3)26-25(35)19(31)12-22(36-26)15-9-10-32-13-14(15)11-21(34)20-8-7-18(30)24(33-20)23-16(28)5-4-6-17(23)29/h4-10,13,19,22,25-26,35H,11-12,31H2,1-3H3/t19-,22+,25-,26-/m0/s1. The van der Waals surface area contributed by atoms with Crippen LogP contribution in [-0.4, -0.2) is 39.1 Å². The first-order valence-corrected chi connectivity index (χ1v) is 11.6. The van der Waals surface area contributed by atoms with Gasteiger partial charge in [-0.2, -0.15) is 0 Å². The number of halogens is 3. The summed E-state index contributed by atoms with van der Waals surface area (Å²) in [5.74, 6) is -3.41. The second-order valence-electron chi connectivity index (χ2n) is 10.1. The molecule has 0 radical (unpaired) electrons. The maximum atomic E-state index is 14.4. The molecule has 4 rings (SSSR count). The van der Waals surface area contributed by atoms with Crippen LogP contribution in [0.15, 0.2) is 48.8 Å². The fourth-order valence-electron chi connectivity index (χ4n) is 4.50. The van der Waals surface area contributed by atoms with Crippen molar-refractivity contribution < 1.29 is 27.8 Å². The Hall–Kier alpha value is -3.14. The maximum Gasteiger partial charge on any atom is 0.185 e. The Morgan fingerprint density at radius 3 is 2.47 bits per heavy atom. The van der Waals surface area contributed by atoms with Crippen molar-refractivity contribution in [3.8, 4) is 11.3 Å². The molecule has 0 bridgehead atoms. The van der Waals surface area contributed by atoms with Crippen LogP contribution in [-0.2, 0) is 11.2 Å². The molecule has 0 aliphatic carbocycles. The lowest BCUT2D eigenvalue weighted by atomic mass is 9.79. The Morgan fingerprint density at radius 2 is 1.81 bits per heavy atom. The Kier molecular flexibility index (Phi) is 7.26. The molecule has 1 aliphatic heterocycles. The highest BCUT2D eigenvalue weighted by molar-refractivity contribution is 5.96. The van der Waals surface area contributed by atoms with Gasteiger partial charge in [-0.15, -0.1) is 0 Å². The minimum absolute atomic E-state index is 0.145. The molecule has 1 fully saturated rings. The predicted molar refractivity (Wildman–Crippen MR) is 127 cm³/mol. The number of nitrogens with two attached hydrogens (primary N) is 1. The summed E-state index contributed by atoms with van der Waals surface area (Å²) in [6, 6.07) is 6.49. The number of benzene rings is 1. The maximum absolute atomic E-state index is 14.4. The molecule has 0 unspecified atom stereocenters. The Bertz CT molecular complexity index is 1260. The molecular weight excluding hydrogens is 471 g/mol. The zero-order valence-corrected chi connectivity index (χ0v) is 20.2. The molecule has 3 aromatic rings. The number of carbonyl (C=O) groups is 1. The minimum atomic E-state index is -0.984. The van der Waals surface area contributed by atoms with Crippen LogP contribution in [0.2, 0.25) is 0 Å². The summed E-state index contributed by atoms with van der Waals surface area (Å²) in [4.78, 5) is 21.2. The highest BCUT2D eigenvalue weighted by Gasteiger charge is 2.42. The summed E-state index contributed by atoms with van der Waals surface area (Å²) in [6.07, 6.45) is 1.44. The summed E-state index contributed by atoms with van der Waals surface area (Å²) < 4.78 is 49.2. The number of aliphatic hydroxyl groups excluding tert-OH is 1. The largest absolute Gasteiger partial charge is 0.389 e. The number of nitrogens with zero attached hydrogens (tertiary/aromatic N) is 2. The van der Waals surface area contributed by atoms with Crippen molar-refractivity contribution in [2.45, 2.75) is 58.0 Å². The molecule has 6 nitrogen and oxygen atoms in total. The average Bonchev–Trinajstić information content (AvgIpc) is 2.81. The molecule has 3 heterocycles. The van der Waals surface area contributed by atoms with Crippen LogP contribution in [0.5, 0.6) is 0 Å². The molecule has 0 amide bonds. The van der Waals surface area contributed by atoms with E-state index < -0.39 is 58.8 Å². The van der Waals surface area contributed by atoms with Crippen LogP contribution < -0.4 is 5.73 Å². The van der Waals surface area contributed by atoms with E-state index in [-0.39, 0.29) is 17.5 Å². The average molecular weight is 500 g/mol. The molecule has 36 heavy (non-hydrogen) atoms. The second kappa shape index (κ2) is 10.1. The van der Waals surface area contributed by atoms with Crippen molar-refractivity contribution in [3.63, 3.8) is 0 Å². The van der Waals surface area contributed by atoms with Crippen LogP contribution in [0.1, 0.15) is 54.9 Å². The van der Waals surface area contributed by atoms with Crippen LogP contribution in [0.3, 0.4) is 0 Å². The van der Waals surface area contributed by atoms with Gasteiger partial charge in [0.05, 0.1) is 23.9 Å². The first kappa shape index (κ1) is 25.9. The highest BCUT2D eigenvalue weighted by atomic mass is 19.1. The Morgan fingerprint density at radius 1 is 1.11 bits per heavy atom. The van der Waals surface area contributed by atoms with Crippen LogP contribution in [0.4, 0.5) is 13.2 Å². The number of aliphatic hydroxyl groups is 1. The van der Waals surface area contributed by atoms with E-state index in [1.807, 2.05) is 20.8 Å². The van der Waals surface area contributed by atoms with Crippen molar-refractivity contribution in [2.24, 2.45) is 11.1 Å². The summed E-state index contributed by atoms with van der Waals surface area (Å²) >= 11 is 0. The van der Waals surface area contributed by atoms with Gasteiger partial charge in [0.2, 0.25) is 0 Å². The number of ether oxygens (including phenoxy) is 1. The van der Waals surface area contributed by atoms with Crippen molar-refractivity contribution in [3.05, 3.63) is 83.1 Å². The Labute approximate surface area is 207 Å². The van der Waals surface area contributed by atoms with E-state index >= 15 is 0 Å². The van der Waals surface area contributed by atoms with Gasteiger partial charge in [0.1, 0.15) is 28.8 Å². The SMILES string of the molecule is CC(C)(C)[C@H]1O[C@@H](c2ccncc2CC(=O)c2ccc(F)c(-c3c(F)cccc3F)n2)C[C@H](N)[C@@H]1O. The third-order valence-electron chi connectivity index (χ3n) is 6.37. The summed E-state index contributed by atoms with van der Waals surface area (Å²) in [7, 11) is 0. The molecule has 1 aromatic carbocycles. The molecule has 190 valence electrons. The number of ketones is 1. The number of aromatic nitrogens is 2. The lowest BCUT2D eigenvalue weighted by Crippen LogP contribution is -2.54. The third kappa shape index (κ3) is 5.18. The van der Waals surface area contributed by atoms with Crippen molar-refractivity contribution >= 4 is 5.78 Å². The van der Waals surface area contributed by atoms with Gasteiger partial charge in [-0.25, -0.2) is 18.2 Å². The van der Waals surface area contributed by atoms with Gasteiger partial charge in [0, 0.05) is 24.9 Å². The topological polar surface area (TPSA) is 98.3 Å². The van der Waals surface area contributed by atoms with Gasteiger partial charge in [-0.3, -0.25) is 9.78 Å². The van der Waals surface area contributed by atoms with E-state index in [4.69, 9.17) is 10.5 Å². The lowest BCUT2D eigenvalue weighted by Gasteiger charge is -2.44. The number of Topliss-reactive ketones (excluding diaryl/α,β-unsaturated/α-hetero) is 1. The van der Waals surface area contributed by atoms with Gasteiger partial charge in [0.25, 0.3) is 0 Å².